The molecule has 0 radical (unpaired) electrons. The summed E-state index contributed by atoms with van der Waals surface area (Å²) < 4.78 is 30.8. The van der Waals surface area contributed by atoms with Crippen LogP contribution in [-0.2, 0) is 18.0 Å². The lowest BCUT2D eigenvalue weighted by molar-refractivity contribution is 0.638. The number of halogens is 2. The van der Waals surface area contributed by atoms with Crippen molar-refractivity contribution in [2.24, 2.45) is 7.05 Å². The molecule has 0 amide bonds. The van der Waals surface area contributed by atoms with E-state index in [0.717, 1.165) is 12.8 Å². The van der Waals surface area contributed by atoms with Crippen molar-refractivity contribution >= 4 is 38.4 Å². The van der Waals surface area contributed by atoms with Crippen LogP contribution in [0.5, 0.6) is 0 Å². The fourth-order valence-corrected chi connectivity index (χ4v) is 4.00. The third-order valence-corrected chi connectivity index (χ3v) is 6.15. The van der Waals surface area contributed by atoms with E-state index in [0.29, 0.717) is 29.2 Å². The molecule has 130 valence electrons. The Hall–Kier alpha value is -1.41. The number of hydrogen-bond donors (Lipinski definition) is 2. The molecular formula is C16H19BrFN3O2S. The molecule has 2 atom stereocenters. The molecule has 0 bridgehead atoms. The summed E-state index contributed by atoms with van der Waals surface area (Å²) in [5.41, 5.74) is 1.20. The molecule has 0 saturated heterocycles. The van der Waals surface area contributed by atoms with Crippen molar-refractivity contribution in [3.05, 3.63) is 45.7 Å². The highest BCUT2D eigenvalue weighted by Crippen LogP contribution is 2.31. The van der Waals surface area contributed by atoms with Crippen molar-refractivity contribution < 1.29 is 8.60 Å². The number of aromatic nitrogens is 1. The summed E-state index contributed by atoms with van der Waals surface area (Å²) in [7, 11) is 0.406. The van der Waals surface area contributed by atoms with Crippen LogP contribution >= 0.6 is 15.9 Å². The molecule has 1 fully saturated rings. The van der Waals surface area contributed by atoms with Crippen molar-refractivity contribution in [1.82, 2.24) is 4.57 Å². The number of hydrogen-bond acceptors (Lipinski definition) is 3. The van der Waals surface area contributed by atoms with Gasteiger partial charge in [0.05, 0.1) is 16.6 Å². The average molecular weight is 416 g/mol. The van der Waals surface area contributed by atoms with E-state index in [-0.39, 0.29) is 21.5 Å². The predicted octanol–water partition coefficient (Wildman–Crippen LogP) is 3.25. The molecule has 0 aromatic carbocycles. The van der Waals surface area contributed by atoms with E-state index in [1.54, 1.807) is 26.1 Å². The summed E-state index contributed by atoms with van der Waals surface area (Å²) in [5, 5.41) is 3.13. The molecule has 5 nitrogen and oxygen atoms in total. The number of allylic oxidation sites excluding steroid dienone is 3. The third kappa shape index (κ3) is 3.64. The Morgan fingerprint density at radius 3 is 2.75 bits per heavy atom. The van der Waals surface area contributed by atoms with Gasteiger partial charge in [-0.25, -0.2) is 8.60 Å². The van der Waals surface area contributed by atoms with Crippen molar-refractivity contribution in [3.8, 4) is 0 Å². The number of anilines is 2. The lowest BCUT2D eigenvalue weighted by atomic mass is 10.1. The predicted molar refractivity (Wildman–Crippen MR) is 99.4 cm³/mol. The zero-order valence-corrected chi connectivity index (χ0v) is 15.8. The van der Waals surface area contributed by atoms with Crippen LogP contribution in [0.3, 0.4) is 0 Å². The van der Waals surface area contributed by atoms with Crippen molar-refractivity contribution in [3.63, 3.8) is 0 Å². The second-order valence-corrected chi connectivity index (χ2v) is 8.70. The number of nitrogens with zero attached hydrogens (tertiary/aromatic N) is 1. The first-order valence-electron chi connectivity index (χ1n) is 7.73. The first-order valence-corrected chi connectivity index (χ1v) is 9.86. The van der Waals surface area contributed by atoms with Gasteiger partial charge in [0.2, 0.25) is 0 Å². The minimum absolute atomic E-state index is 0.0372. The van der Waals surface area contributed by atoms with Crippen molar-refractivity contribution in [1.29, 1.82) is 0 Å². The summed E-state index contributed by atoms with van der Waals surface area (Å²) in [6.45, 7) is 1.70. The highest BCUT2D eigenvalue weighted by atomic mass is 79.9. The van der Waals surface area contributed by atoms with Crippen LogP contribution in [0.1, 0.15) is 24.8 Å². The topological polar surface area (TPSA) is 63.1 Å². The Labute approximate surface area is 150 Å². The molecule has 2 aliphatic carbocycles. The van der Waals surface area contributed by atoms with Crippen LogP contribution in [0, 0.1) is 6.92 Å². The average Bonchev–Trinajstić information content (AvgIpc) is 3.35. The number of aryl methyl sites for hydroxylation is 1. The largest absolute Gasteiger partial charge is 0.338 e. The third-order valence-electron chi connectivity index (χ3n) is 4.02. The lowest BCUT2D eigenvalue weighted by Gasteiger charge is -2.20. The van der Waals surface area contributed by atoms with E-state index in [1.807, 2.05) is 0 Å². The maximum Gasteiger partial charge on any atom is 0.254 e. The lowest BCUT2D eigenvalue weighted by Crippen LogP contribution is -2.25. The Morgan fingerprint density at radius 1 is 1.42 bits per heavy atom. The first kappa shape index (κ1) is 17.4. The van der Waals surface area contributed by atoms with E-state index in [4.69, 9.17) is 0 Å². The highest BCUT2D eigenvalue weighted by molar-refractivity contribution is 9.09. The maximum absolute atomic E-state index is 14.2. The van der Waals surface area contributed by atoms with Gasteiger partial charge < -0.3 is 10.0 Å². The molecule has 24 heavy (non-hydrogen) atoms. The van der Waals surface area contributed by atoms with Crippen LogP contribution < -0.4 is 15.6 Å². The van der Waals surface area contributed by atoms with E-state index in [1.165, 1.54) is 10.6 Å². The molecule has 3 rings (SSSR count). The standard InChI is InChI=1S/C16H19BrFN3O2S/c1-9-7-14(20-24(23)11-4-5-11)15(21(2)16(9)22)19-13-6-3-10(17)8-12(13)18/h6-8,10-11,19-20H,3-5H2,1-2H3. The molecule has 1 aromatic rings. The highest BCUT2D eigenvalue weighted by Gasteiger charge is 2.29. The zero-order chi connectivity index (χ0) is 17.4. The van der Waals surface area contributed by atoms with Crippen molar-refractivity contribution in [2.45, 2.75) is 36.3 Å². The summed E-state index contributed by atoms with van der Waals surface area (Å²) in [6, 6.07) is 1.66. The van der Waals surface area contributed by atoms with Crippen LogP contribution in [0.15, 0.2) is 34.5 Å². The van der Waals surface area contributed by atoms with E-state index < -0.39 is 11.0 Å². The number of nitrogens with one attached hydrogen (secondary N) is 2. The number of alkyl halides is 1. The fraction of sp³-hybridized carbons (Fsp3) is 0.438. The molecule has 1 saturated carbocycles. The van der Waals surface area contributed by atoms with Gasteiger partial charge >= 0.3 is 0 Å². The van der Waals surface area contributed by atoms with Gasteiger partial charge in [-0.3, -0.25) is 9.36 Å². The molecule has 2 aliphatic rings. The molecule has 1 aromatic heterocycles. The second-order valence-electron chi connectivity index (χ2n) is 6.06. The van der Waals surface area contributed by atoms with E-state index >= 15 is 0 Å². The van der Waals surface area contributed by atoms with Crippen molar-refractivity contribution in [2.75, 3.05) is 10.0 Å². The van der Waals surface area contributed by atoms with E-state index in [2.05, 4.69) is 26.0 Å². The quantitative estimate of drug-likeness (QED) is 0.725. The van der Waals surface area contributed by atoms with Gasteiger partial charge in [-0.15, -0.1) is 0 Å². The molecule has 2 N–H and O–H groups in total. The molecule has 0 aliphatic heterocycles. The van der Waals surface area contributed by atoms with Gasteiger partial charge in [-0.05, 0) is 38.3 Å². The van der Waals surface area contributed by atoms with Gasteiger partial charge in [0.15, 0.2) is 0 Å². The zero-order valence-electron chi connectivity index (χ0n) is 13.4. The summed E-state index contributed by atoms with van der Waals surface area (Å²) in [6.07, 6.45) is 5.72. The minimum Gasteiger partial charge on any atom is -0.338 e. The monoisotopic (exact) mass is 415 g/mol. The molecular weight excluding hydrogens is 397 g/mol. The number of rotatable bonds is 5. The van der Waals surface area contributed by atoms with Crippen LogP contribution in [-0.4, -0.2) is 18.9 Å². The van der Waals surface area contributed by atoms with Gasteiger partial charge in [0, 0.05) is 17.4 Å². The van der Waals surface area contributed by atoms with Gasteiger partial charge in [-0.1, -0.05) is 22.0 Å². The number of pyridine rings is 1. The molecule has 1 heterocycles. The van der Waals surface area contributed by atoms with Crippen LogP contribution in [0.4, 0.5) is 15.9 Å². The molecule has 0 spiro atoms. The Balaban J connectivity index is 1.95. The second kappa shape index (κ2) is 6.84. The van der Waals surface area contributed by atoms with E-state index in [9.17, 15) is 13.4 Å². The maximum atomic E-state index is 14.2. The van der Waals surface area contributed by atoms with Gasteiger partial charge in [0.1, 0.15) is 22.6 Å². The first-order chi connectivity index (χ1) is 11.4. The Morgan fingerprint density at radius 2 is 2.12 bits per heavy atom. The van der Waals surface area contributed by atoms with Gasteiger partial charge in [-0.2, -0.15) is 0 Å². The molecule has 8 heteroatoms. The smallest absolute Gasteiger partial charge is 0.254 e. The summed E-state index contributed by atoms with van der Waals surface area (Å²) in [5.74, 6) is 0.0211. The normalized spacial score (nSPS) is 21.8. The Bertz CT molecular complexity index is 814. The van der Waals surface area contributed by atoms with Crippen LogP contribution in [0.25, 0.3) is 0 Å². The Kier molecular flexibility index (Phi) is 4.96. The summed E-state index contributed by atoms with van der Waals surface area (Å²) in [4.78, 5) is 12.2. The fourth-order valence-electron chi connectivity index (χ4n) is 2.48. The SMILES string of the molecule is Cc1cc(NS(=O)C2CC2)c(NC2=CCC(Br)C=C2F)n(C)c1=O. The van der Waals surface area contributed by atoms with Gasteiger partial charge in [0.25, 0.3) is 5.56 Å². The molecule has 2 unspecified atom stereocenters. The van der Waals surface area contributed by atoms with Crippen LogP contribution in [0.2, 0.25) is 0 Å². The minimum atomic E-state index is -1.21. The summed E-state index contributed by atoms with van der Waals surface area (Å²) >= 11 is 3.35.